The molecule has 1 N–H and O–H groups in total. The van der Waals surface area contributed by atoms with Gasteiger partial charge in [-0.05, 0) is 30.2 Å². The van der Waals surface area contributed by atoms with Crippen molar-refractivity contribution in [2.45, 2.75) is 37.5 Å². The van der Waals surface area contributed by atoms with Crippen LogP contribution in [0.3, 0.4) is 0 Å². The Bertz CT molecular complexity index is 1440. The second-order valence-corrected chi connectivity index (χ2v) is 10.9. The summed E-state index contributed by atoms with van der Waals surface area (Å²) in [6.45, 7) is 2.67. The van der Waals surface area contributed by atoms with Crippen LogP contribution in [0.25, 0.3) is 0 Å². The van der Waals surface area contributed by atoms with E-state index in [4.69, 9.17) is 14.2 Å². The zero-order chi connectivity index (χ0) is 29.6. The van der Waals surface area contributed by atoms with Crippen LogP contribution in [0.1, 0.15) is 31.1 Å². The highest BCUT2D eigenvalue weighted by Crippen LogP contribution is 2.42. The summed E-state index contributed by atoms with van der Waals surface area (Å²) < 4.78 is 17.0. The molecule has 2 aliphatic rings. The molecule has 3 atom stereocenters. The quantitative estimate of drug-likeness (QED) is 0.280. The maximum absolute atomic E-state index is 13.9. The SMILES string of the molecule is CC(=O)OC(C)C1=C(C(=O)OC(c2ccccc2)c2ccccc2)N2C(=O)C(NC(=O)COc3ccccc3)[C@@H]2SC1. The zero-order valence-corrected chi connectivity index (χ0v) is 23.9. The molecule has 1 fully saturated rings. The Morgan fingerprint density at radius 3 is 2.05 bits per heavy atom. The highest BCUT2D eigenvalue weighted by molar-refractivity contribution is 8.00. The number of thioether (sulfide) groups is 1. The Morgan fingerprint density at radius 2 is 1.48 bits per heavy atom. The minimum absolute atomic E-state index is 0.0281. The number of β-lactam (4-membered cyclic amide) rings is 1. The van der Waals surface area contributed by atoms with Gasteiger partial charge in [0.05, 0.1) is 0 Å². The molecule has 42 heavy (non-hydrogen) atoms. The summed E-state index contributed by atoms with van der Waals surface area (Å²) in [5.41, 5.74) is 2.00. The molecule has 2 unspecified atom stereocenters. The predicted octanol–water partition coefficient (Wildman–Crippen LogP) is 4.00. The number of hydrogen-bond donors (Lipinski definition) is 1. The average Bonchev–Trinajstić information content (AvgIpc) is 3.01. The third kappa shape index (κ3) is 6.33. The van der Waals surface area contributed by atoms with E-state index in [-0.39, 0.29) is 12.3 Å². The van der Waals surface area contributed by atoms with Crippen LogP contribution in [0.5, 0.6) is 5.75 Å². The van der Waals surface area contributed by atoms with Crippen LogP contribution in [-0.4, -0.2) is 58.5 Å². The van der Waals surface area contributed by atoms with Crippen molar-refractivity contribution in [1.82, 2.24) is 10.2 Å². The van der Waals surface area contributed by atoms with Crippen LogP contribution >= 0.6 is 11.8 Å². The van der Waals surface area contributed by atoms with Crippen LogP contribution in [0, 0.1) is 0 Å². The number of fused-ring (bicyclic) bond motifs is 1. The zero-order valence-electron chi connectivity index (χ0n) is 23.1. The van der Waals surface area contributed by atoms with E-state index < -0.39 is 47.4 Å². The molecule has 216 valence electrons. The van der Waals surface area contributed by atoms with E-state index in [0.29, 0.717) is 17.1 Å². The minimum Gasteiger partial charge on any atom is -0.484 e. The Labute approximate surface area is 247 Å². The molecular formula is C32H30N2O7S. The first-order valence-electron chi connectivity index (χ1n) is 13.5. The van der Waals surface area contributed by atoms with Gasteiger partial charge in [-0.2, -0.15) is 0 Å². The van der Waals surface area contributed by atoms with Crippen molar-refractivity contribution in [2.75, 3.05) is 12.4 Å². The summed E-state index contributed by atoms with van der Waals surface area (Å²) in [5, 5.41) is 2.19. The van der Waals surface area contributed by atoms with E-state index in [1.54, 1.807) is 31.2 Å². The van der Waals surface area contributed by atoms with Crippen LogP contribution in [0.2, 0.25) is 0 Å². The van der Waals surface area contributed by atoms with E-state index in [2.05, 4.69) is 5.32 Å². The molecule has 0 spiro atoms. The number of para-hydroxylation sites is 1. The fourth-order valence-electron chi connectivity index (χ4n) is 4.89. The minimum atomic E-state index is -0.853. The summed E-state index contributed by atoms with van der Waals surface area (Å²) in [5.74, 6) is -1.34. The molecule has 5 rings (SSSR count). The number of hydrogen-bond acceptors (Lipinski definition) is 8. The third-order valence-electron chi connectivity index (χ3n) is 6.88. The summed E-state index contributed by atoms with van der Waals surface area (Å²) in [6.07, 6.45) is -1.51. The van der Waals surface area contributed by atoms with Gasteiger partial charge in [-0.15, -0.1) is 11.8 Å². The first-order valence-corrected chi connectivity index (χ1v) is 14.5. The first kappa shape index (κ1) is 28.9. The molecule has 3 aromatic rings. The molecule has 1 saturated heterocycles. The van der Waals surface area contributed by atoms with Gasteiger partial charge in [-0.3, -0.25) is 19.3 Å². The summed E-state index contributed by atoms with van der Waals surface area (Å²) in [7, 11) is 0. The van der Waals surface area contributed by atoms with E-state index >= 15 is 0 Å². The van der Waals surface area contributed by atoms with Gasteiger partial charge in [-0.25, -0.2) is 4.79 Å². The number of nitrogens with one attached hydrogen (secondary N) is 1. The second kappa shape index (κ2) is 12.9. The number of carbonyl (C=O) groups is 4. The van der Waals surface area contributed by atoms with Gasteiger partial charge in [0.2, 0.25) is 0 Å². The molecule has 2 amide bonds. The van der Waals surface area contributed by atoms with Crippen molar-refractivity contribution >= 4 is 35.5 Å². The van der Waals surface area contributed by atoms with Crippen LogP contribution < -0.4 is 10.1 Å². The molecule has 2 heterocycles. The molecule has 0 radical (unpaired) electrons. The fourth-order valence-corrected chi connectivity index (χ4v) is 6.35. The van der Waals surface area contributed by atoms with Gasteiger partial charge >= 0.3 is 11.9 Å². The normalized spacial score (nSPS) is 18.5. The molecule has 0 aromatic heterocycles. The molecule has 2 aliphatic heterocycles. The number of amides is 2. The van der Waals surface area contributed by atoms with E-state index in [1.807, 2.05) is 66.7 Å². The van der Waals surface area contributed by atoms with Gasteiger partial charge in [0.25, 0.3) is 11.8 Å². The lowest BCUT2D eigenvalue weighted by atomic mass is 9.99. The highest BCUT2D eigenvalue weighted by atomic mass is 32.2. The molecular weight excluding hydrogens is 556 g/mol. The lowest BCUT2D eigenvalue weighted by Crippen LogP contribution is -2.71. The number of benzene rings is 3. The Balaban J connectivity index is 1.38. The number of nitrogens with zero attached hydrogens (tertiary/aromatic N) is 1. The molecule has 0 saturated carbocycles. The molecule has 9 nitrogen and oxygen atoms in total. The number of esters is 2. The number of carbonyl (C=O) groups excluding carboxylic acids is 4. The van der Waals surface area contributed by atoms with Crippen molar-refractivity contribution in [3.63, 3.8) is 0 Å². The maximum atomic E-state index is 13.9. The number of rotatable bonds is 10. The van der Waals surface area contributed by atoms with Gasteiger partial charge in [-0.1, -0.05) is 78.9 Å². The van der Waals surface area contributed by atoms with Crippen LogP contribution in [0.4, 0.5) is 0 Å². The molecule has 0 bridgehead atoms. The van der Waals surface area contributed by atoms with Gasteiger partial charge < -0.3 is 19.5 Å². The van der Waals surface area contributed by atoms with Crippen molar-refractivity contribution in [3.05, 3.63) is 113 Å². The van der Waals surface area contributed by atoms with Crippen LogP contribution in [0.15, 0.2) is 102 Å². The maximum Gasteiger partial charge on any atom is 0.356 e. The Morgan fingerprint density at radius 1 is 0.905 bits per heavy atom. The van der Waals surface area contributed by atoms with Gasteiger partial charge in [0.15, 0.2) is 12.7 Å². The standard InChI is InChI=1S/C32H30N2O7S/c1-20(40-21(2)35)25-19-42-31-27(33-26(36)18-39-24-16-10-5-11-17-24)30(37)34(31)28(25)32(38)41-29(22-12-6-3-7-13-22)23-14-8-4-9-15-23/h3-17,20,27,29,31H,18-19H2,1-2H3,(H,33,36)/t20?,27?,31-/m0/s1. The summed E-state index contributed by atoms with van der Waals surface area (Å²) in [4.78, 5) is 53.1. The number of ether oxygens (including phenoxy) is 3. The predicted molar refractivity (Wildman–Crippen MR) is 156 cm³/mol. The van der Waals surface area contributed by atoms with Crippen molar-refractivity contribution < 1.29 is 33.4 Å². The van der Waals surface area contributed by atoms with Gasteiger partial charge in [0, 0.05) is 18.2 Å². The van der Waals surface area contributed by atoms with E-state index in [0.717, 1.165) is 11.1 Å². The molecule has 10 heteroatoms. The highest BCUT2D eigenvalue weighted by Gasteiger charge is 2.55. The summed E-state index contributed by atoms with van der Waals surface area (Å²) in [6, 6.07) is 26.6. The van der Waals surface area contributed by atoms with Gasteiger partial charge in [0.1, 0.15) is 29.0 Å². The lowest BCUT2D eigenvalue weighted by Gasteiger charge is -2.50. The third-order valence-corrected chi connectivity index (χ3v) is 8.19. The fraction of sp³-hybridized carbons (Fsp3) is 0.250. The lowest BCUT2D eigenvalue weighted by molar-refractivity contribution is -0.155. The molecule has 0 aliphatic carbocycles. The van der Waals surface area contributed by atoms with Crippen LogP contribution in [-0.2, 0) is 28.7 Å². The van der Waals surface area contributed by atoms with Crippen molar-refractivity contribution in [3.8, 4) is 5.75 Å². The Kier molecular flexibility index (Phi) is 8.92. The average molecular weight is 587 g/mol. The largest absolute Gasteiger partial charge is 0.484 e. The second-order valence-electron chi connectivity index (χ2n) is 9.79. The molecule has 3 aromatic carbocycles. The van der Waals surface area contributed by atoms with Crippen molar-refractivity contribution in [1.29, 1.82) is 0 Å². The topological polar surface area (TPSA) is 111 Å². The van der Waals surface area contributed by atoms with E-state index in [9.17, 15) is 19.2 Å². The first-order chi connectivity index (χ1) is 20.3. The smallest absolute Gasteiger partial charge is 0.356 e. The summed E-state index contributed by atoms with van der Waals surface area (Å²) >= 11 is 1.37. The monoisotopic (exact) mass is 586 g/mol. The Hall–Kier alpha value is -4.57. The van der Waals surface area contributed by atoms with Crippen molar-refractivity contribution in [2.24, 2.45) is 0 Å². The van der Waals surface area contributed by atoms with E-state index in [1.165, 1.54) is 23.6 Å².